The Bertz CT molecular complexity index is 506. The van der Waals surface area contributed by atoms with Gasteiger partial charge < -0.3 is 10.4 Å². The fourth-order valence-electron chi connectivity index (χ4n) is 2.56. The minimum atomic E-state index is -1.00. The van der Waals surface area contributed by atoms with Crippen molar-refractivity contribution >= 4 is 11.9 Å². The maximum atomic E-state index is 12.2. The molecule has 0 radical (unpaired) electrons. The molecule has 2 saturated carbocycles. The van der Waals surface area contributed by atoms with Crippen LogP contribution in [0.4, 0.5) is 0 Å². The van der Waals surface area contributed by atoms with Gasteiger partial charge in [0.25, 0.3) is 5.91 Å². The third-order valence-electron chi connectivity index (χ3n) is 3.93. The summed E-state index contributed by atoms with van der Waals surface area (Å²) < 4.78 is 0. The lowest BCUT2D eigenvalue weighted by Gasteiger charge is -2.17. The molecule has 0 bridgehead atoms. The van der Waals surface area contributed by atoms with Crippen LogP contribution in [0.5, 0.6) is 0 Å². The van der Waals surface area contributed by atoms with Crippen LogP contribution in [0.3, 0.4) is 0 Å². The third-order valence-corrected chi connectivity index (χ3v) is 3.93. The van der Waals surface area contributed by atoms with Gasteiger partial charge in [-0.05, 0) is 55.7 Å². The number of carbonyl (C=O) groups is 2. The van der Waals surface area contributed by atoms with Crippen molar-refractivity contribution in [1.82, 2.24) is 5.32 Å². The van der Waals surface area contributed by atoms with Gasteiger partial charge in [0.2, 0.25) is 0 Å². The summed E-state index contributed by atoms with van der Waals surface area (Å²) in [6, 6.07) is 6.51. The first-order valence-corrected chi connectivity index (χ1v) is 6.79. The van der Waals surface area contributed by atoms with Gasteiger partial charge in [-0.1, -0.05) is 6.07 Å². The molecule has 1 amide bonds. The highest BCUT2D eigenvalue weighted by molar-refractivity contribution is 5.97. The van der Waals surface area contributed by atoms with Crippen LogP contribution in [0.15, 0.2) is 24.3 Å². The second-order valence-electron chi connectivity index (χ2n) is 5.56. The summed E-state index contributed by atoms with van der Waals surface area (Å²) in [5.41, 5.74) is 0.591. The predicted octanol–water partition coefficient (Wildman–Crippen LogP) is 2.30. The standard InChI is InChI=1S/C15H17NO3/c17-14(11-2-1-3-12(8-11)15(18)19)16-13(9-4-5-9)10-6-7-10/h1-3,8-10,13H,4-7H2,(H,16,17)(H,18,19). The summed E-state index contributed by atoms with van der Waals surface area (Å²) in [5.74, 6) is 0.126. The van der Waals surface area contributed by atoms with E-state index in [0.29, 0.717) is 23.4 Å². The Kier molecular flexibility index (Phi) is 3.01. The van der Waals surface area contributed by atoms with Gasteiger partial charge in [-0.2, -0.15) is 0 Å². The molecule has 1 aromatic carbocycles. The molecule has 2 fully saturated rings. The fourth-order valence-corrected chi connectivity index (χ4v) is 2.56. The van der Waals surface area contributed by atoms with Crippen LogP contribution in [0.2, 0.25) is 0 Å². The first kappa shape index (κ1) is 12.2. The third kappa shape index (κ3) is 2.78. The number of benzene rings is 1. The van der Waals surface area contributed by atoms with Crippen molar-refractivity contribution in [2.75, 3.05) is 0 Å². The fraction of sp³-hybridized carbons (Fsp3) is 0.467. The van der Waals surface area contributed by atoms with E-state index >= 15 is 0 Å². The van der Waals surface area contributed by atoms with Crippen LogP contribution in [0, 0.1) is 11.8 Å². The molecular weight excluding hydrogens is 242 g/mol. The molecule has 0 saturated heterocycles. The Morgan fingerprint density at radius 3 is 2.21 bits per heavy atom. The van der Waals surface area contributed by atoms with Gasteiger partial charge >= 0.3 is 5.97 Å². The Morgan fingerprint density at radius 1 is 1.11 bits per heavy atom. The average molecular weight is 259 g/mol. The van der Waals surface area contributed by atoms with Gasteiger partial charge in [0.15, 0.2) is 0 Å². The number of carboxylic acid groups (broad SMARTS) is 1. The zero-order valence-electron chi connectivity index (χ0n) is 10.6. The van der Waals surface area contributed by atoms with E-state index in [1.54, 1.807) is 12.1 Å². The number of rotatable bonds is 5. The molecule has 4 heteroatoms. The molecule has 3 rings (SSSR count). The number of aromatic carboxylic acids is 1. The van der Waals surface area contributed by atoms with Gasteiger partial charge in [-0.15, -0.1) is 0 Å². The molecule has 0 atom stereocenters. The normalized spacial score (nSPS) is 18.4. The van der Waals surface area contributed by atoms with Crippen LogP contribution < -0.4 is 5.32 Å². The smallest absolute Gasteiger partial charge is 0.335 e. The molecule has 0 spiro atoms. The lowest BCUT2D eigenvalue weighted by atomic mass is 10.1. The average Bonchev–Trinajstić information content (AvgIpc) is 3.29. The molecule has 0 heterocycles. The molecule has 2 aliphatic carbocycles. The van der Waals surface area contributed by atoms with Gasteiger partial charge in [0.1, 0.15) is 0 Å². The quantitative estimate of drug-likeness (QED) is 0.852. The molecule has 100 valence electrons. The van der Waals surface area contributed by atoms with E-state index in [4.69, 9.17) is 5.11 Å². The number of amides is 1. The Balaban J connectivity index is 1.72. The zero-order chi connectivity index (χ0) is 13.4. The largest absolute Gasteiger partial charge is 0.478 e. The SMILES string of the molecule is O=C(O)c1cccc(C(=O)NC(C2CC2)C2CC2)c1. The first-order valence-electron chi connectivity index (χ1n) is 6.79. The maximum absolute atomic E-state index is 12.2. The first-order chi connectivity index (χ1) is 9.15. The zero-order valence-corrected chi connectivity index (χ0v) is 10.6. The lowest BCUT2D eigenvalue weighted by molar-refractivity contribution is 0.0697. The number of nitrogens with one attached hydrogen (secondary N) is 1. The second-order valence-corrected chi connectivity index (χ2v) is 5.56. The highest BCUT2D eigenvalue weighted by Gasteiger charge is 2.42. The number of carboxylic acids is 1. The Labute approximate surface area is 111 Å². The van der Waals surface area contributed by atoms with Crippen molar-refractivity contribution in [3.63, 3.8) is 0 Å². The van der Waals surface area contributed by atoms with E-state index in [-0.39, 0.29) is 11.5 Å². The minimum absolute atomic E-state index is 0.146. The van der Waals surface area contributed by atoms with E-state index in [2.05, 4.69) is 5.32 Å². The van der Waals surface area contributed by atoms with E-state index in [1.165, 1.54) is 37.8 Å². The Morgan fingerprint density at radius 2 is 1.68 bits per heavy atom. The van der Waals surface area contributed by atoms with Gasteiger partial charge in [-0.3, -0.25) is 4.79 Å². The summed E-state index contributed by atoms with van der Waals surface area (Å²) in [4.78, 5) is 23.1. The monoisotopic (exact) mass is 259 g/mol. The highest BCUT2D eigenvalue weighted by Crippen LogP contribution is 2.44. The molecule has 2 N–H and O–H groups in total. The molecule has 19 heavy (non-hydrogen) atoms. The molecule has 0 aromatic heterocycles. The Hall–Kier alpha value is -1.84. The van der Waals surface area contributed by atoms with Crippen molar-refractivity contribution in [2.24, 2.45) is 11.8 Å². The van der Waals surface area contributed by atoms with Crippen molar-refractivity contribution in [1.29, 1.82) is 0 Å². The molecule has 0 unspecified atom stereocenters. The minimum Gasteiger partial charge on any atom is -0.478 e. The van der Waals surface area contributed by atoms with Crippen LogP contribution in [-0.2, 0) is 0 Å². The number of carbonyl (C=O) groups excluding carboxylic acids is 1. The van der Waals surface area contributed by atoms with E-state index in [9.17, 15) is 9.59 Å². The predicted molar refractivity (Wildman–Crippen MR) is 70.1 cm³/mol. The van der Waals surface area contributed by atoms with E-state index in [0.717, 1.165) is 0 Å². The number of hydrogen-bond donors (Lipinski definition) is 2. The molecule has 0 aliphatic heterocycles. The number of hydrogen-bond acceptors (Lipinski definition) is 2. The second kappa shape index (κ2) is 4.68. The van der Waals surface area contributed by atoms with Crippen molar-refractivity contribution in [3.05, 3.63) is 35.4 Å². The van der Waals surface area contributed by atoms with Crippen molar-refractivity contribution in [3.8, 4) is 0 Å². The molecule has 4 nitrogen and oxygen atoms in total. The van der Waals surface area contributed by atoms with Crippen LogP contribution >= 0.6 is 0 Å². The molecular formula is C15H17NO3. The summed E-state index contributed by atoms with van der Waals surface area (Å²) in [6.07, 6.45) is 4.82. The van der Waals surface area contributed by atoms with Crippen molar-refractivity contribution < 1.29 is 14.7 Å². The van der Waals surface area contributed by atoms with E-state index < -0.39 is 5.97 Å². The topological polar surface area (TPSA) is 66.4 Å². The van der Waals surface area contributed by atoms with Crippen LogP contribution in [0.1, 0.15) is 46.4 Å². The van der Waals surface area contributed by atoms with Gasteiger partial charge in [0, 0.05) is 11.6 Å². The molecule has 1 aromatic rings. The lowest BCUT2D eigenvalue weighted by Crippen LogP contribution is -2.38. The highest BCUT2D eigenvalue weighted by atomic mass is 16.4. The van der Waals surface area contributed by atoms with Gasteiger partial charge in [-0.25, -0.2) is 4.79 Å². The maximum Gasteiger partial charge on any atom is 0.335 e. The summed E-state index contributed by atoms with van der Waals surface area (Å²) in [5, 5.41) is 12.0. The van der Waals surface area contributed by atoms with Gasteiger partial charge in [0.05, 0.1) is 5.56 Å². The van der Waals surface area contributed by atoms with E-state index in [1.807, 2.05) is 0 Å². The molecule has 2 aliphatic rings. The summed E-state index contributed by atoms with van der Waals surface area (Å²) in [6.45, 7) is 0. The van der Waals surface area contributed by atoms with Crippen molar-refractivity contribution in [2.45, 2.75) is 31.7 Å². The van der Waals surface area contributed by atoms with Crippen LogP contribution in [0.25, 0.3) is 0 Å². The van der Waals surface area contributed by atoms with Crippen LogP contribution in [-0.4, -0.2) is 23.0 Å². The summed E-state index contributed by atoms with van der Waals surface area (Å²) in [7, 11) is 0. The summed E-state index contributed by atoms with van der Waals surface area (Å²) >= 11 is 0.